The molecule has 3 heteroatoms. The van der Waals surface area contributed by atoms with Crippen LogP contribution in [0.1, 0.15) is 25.7 Å². The van der Waals surface area contributed by atoms with Crippen LogP contribution in [0, 0.1) is 11.8 Å². The normalized spacial score (nSPS) is 29.2. The summed E-state index contributed by atoms with van der Waals surface area (Å²) in [5.74, 6) is 2.34. The molecule has 0 aliphatic heterocycles. The molecule has 2 bridgehead atoms. The highest BCUT2D eigenvalue weighted by atomic mass is 16.5. The van der Waals surface area contributed by atoms with Crippen molar-refractivity contribution in [3.63, 3.8) is 0 Å². The van der Waals surface area contributed by atoms with Gasteiger partial charge in [-0.2, -0.15) is 0 Å². The lowest BCUT2D eigenvalue weighted by Gasteiger charge is -2.22. The van der Waals surface area contributed by atoms with Crippen LogP contribution in [0.3, 0.4) is 0 Å². The highest BCUT2D eigenvalue weighted by Gasteiger charge is 2.39. The van der Waals surface area contributed by atoms with Crippen LogP contribution in [0.25, 0.3) is 0 Å². The van der Waals surface area contributed by atoms with Crippen LogP contribution in [-0.2, 0) is 4.79 Å². The van der Waals surface area contributed by atoms with E-state index in [2.05, 4.69) is 5.32 Å². The molecule has 3 rings (SSSR count). The van der Waals surface area contributed by atoms with Crippen molar-refractivity contribution in [1.29, 1.82) is 0 Å². The molecule has 2 aliphatic carbocycles. The van der Waals surface area contributed by atoms with Gasteiger partial charge in [-0.15, -0.1) is 0 Å². The Bertz CT molecular complexity index is 418. The minimum atomic E-state index is 0.0106. The number of hydrogen-bond acceptors (Lipinski definition) is 2. The lowest BCUT2D eigenvalue weighted by molar-refractivity contribution is -0.124. The molecule has 1 N–H and O–H groups in total. The van der Waals surface area contributed by atoms with Crippen molar-refractivity contribution < 1.29 is 9.53 Å². The zero-order chi connectivity index (χ0) is 12.4. The highest BCUT2D eigenvalue weighted by molar-refractivity contribution is 5.77. The topological polar surface area (TPSA) is 38.3 Å². The van der Waals surface area contributed by atoms with E-state index >= 15 is 0 Å². The number of nitrogens with one attached hydrogen (secondary N) is 1. The van der Waals surface area contributed by atoms with E-state index in [-0.39, 0.29) is 12.5 Å². The number of fused-ring (bicyclic) bond motifs is 2. The number of carbonyl (C=O) groups is 1. The Morgan fingerprint density at radius 3 is 2.72 bits per heavy atom. The van der Waals surface area contributed by atoms with Gasteiger partial charge in [0.05, 0.1) is 0 Å². The summed E-state index contributed by atoms with van der Waals surface area (Å²) >= 11 is 0. The molecule has 2 saturated carbocycles. The number of ether oxygens (including phenoxy) is 1. The first-order valence-electron chi connectivity index (χ1n) is 6.78. The van der Waals surface area contributed by atoms with Crippen molar-refractivity contribution in [1.82, 2.24) is 5.32 Å². The first kappa shape index (κ1) is 11.6. The average molecular weight is 245 g/mol. The van der Waals surface area contributed by atoms with E-state index in [0.29, 0.717) is 6.04 Å². The van der Waals surface area contributed by atoms with Crippen molar-refractivity contribution >= 4 is 5.91 Å². The van der Waals surface area contributed by atoms with E-state index in [1.807, 2.05) is 30.3 Å². The summed E-state index contributed by atoms with van der Waals surface area (Å²) < 4.78 is 5.45. The SMILES string of the molecule is O=C(COc1ccccc1)N[C@@H]1C[C@@H]2CC[C@H]1C2. The van der Waals surface area contributed by atoms with Gasteiger partial charge in [0.15, 0.2) is 6.61 Å². The van der Waals surface area contributed by atoms with Crippen molar-refractivity contribution in [2.24, 2.45) is 11.8 Å². The lowest BCUT2D eigenvalue weighted by Crippen LogP contribution is -2.40. The maximum Gasteiger partial charge on any atom is 0.258 e. The van der Waals surface area contributed by atoms with Gasteiger partial charge in [0, 0.05) is 6.04 Å². The second kappa shape index (κ2) is 5.01. The largest absolute Gasteiger partial charge is 0.484 e. The molecule has 0 unspecified atom stereocenters. The summed E-state index contributed by atoms with van der Waals surface area (Å²) in [5, 5.41) is 3.12. The number of benzene rings is 1. The molecule has 3 nitrogen and oxygen atoms in total. The van der Waals surface area contributed by atoms with Crippen LogP contribution >= 0.6 is 0 Å². The van der Waals surface area contributed by atoms with Gasteiger partial charge in [0.1, 0.15) is 5.75 Å². The van der Waals surface area contributed by atoms with Gasteiger partial charge in [-0.1, -0.05) is 24.6 Å². The smallest absolute Gasteiger partial charge is 0.258 e. The molecule has 18 heavy (non-hydrogen) atoms. The Labute approximate surface area is 108 Å². The molecule has 96 valence electrons. The average Bonchev–Trinajstić information content (AvgIpc) is 3.00. The molecule has 1 aromatic rings. The zero-order valence-electron chi connectivity index (χ0n) is 10.5. The fraction of sp³-hybridized carbons (Fsp3) is 0.533. The predicted molar refractivity (Wildman–Crippen MR) is 69.3 cm³/mol. The molecule has 2 fully saturated rings. The first-order chi connectivity index (χ1) is 8.81. The Kier molecular flexibility index (Phi) is 3.22. The Morgan fingerprint density at radius 2 is 2.06 bits per heavy atom. The quantitative estimate of drug-likeness (QED) is 0.884. The molecule has 0 aromatic heterocycles. The van der Waals surface area contributed by atoms with Crippen LogP contribution in [0.4, 0.5) is 0 Å². The number of carbonyl (C=O) groups excluding carboxylic acids is 1. The van der Waals surface area contributed by atoms with E-state index in [4.69, 9.17) is 4.74 Å². The molecule has 2 aliphatic rings. The Morgan fingerprint density at radius 1 is 1.22 bits per heavy atom. The van der Waals surface area contributed by atoms with Gasteiger partial charge >= 0.3 is 0 Å². The summed E-state index contributed by atoms with van der Waals surface area (Å²) in [6.45, 7) is 0.123. The standard InChI is InChI=1S/C15H19NO2/c17-15(10-18-13-4-2-1-3-5-13)16-14-9-11-6-7-12(14)8-11/h1-5,11-12,14H,6-10H2,(H,16,17)/t11-,12+,14-/m1/s1. The van der Waals surface area contributed by atoms with Crippen LogP contribution in [0.15, 0.2) is 30.3 Å². The van der Waals surface area contributed by atoms with E-state index in [0.717, 1.165) is 17.6 Å². The molecule has 0 spiro atoms. The molecule has 3 atom stereocenters. The lowest BCUT2D eigenvalue weighted by atomic mass is 9.95. The highest BCUT2D eigenvalue weighted by Crippen LogP contribution is 2.44. The maximum atomic E-state index is 11.8. The third-order valence-corrected chi connectivity index (χ3v) is 4.20. The van der Waals surface area contributed by atoms with Crippen molar-refractivity contribution in [3.05, 3.63) is 30.3 Å². The molecule has 0 radical (unpaired) electrons. The van der Waals surface area contributed by atoms with Gasteiger partial charge in [-0.3, -0.25) is 4.79 Å². The Hall–Kier alpha value is -1.51. The van der Waals surface area contributed by atoms with Gasteiger partial charge in [0.2, 0.25) is 0 Å². The van der Waals surface area contributed by atoms with Crippen LogP contribution < -0.4 is 10.1 Å². The molecule has 1 amide bonds. The monoisotopic (exact) mass is 245 g/mol. The second-order valence-electron chi connectivity index (χ2n) is 5.45. The van der Waals surface area contributed by atoms with Gasteiger partial charge in [-0.25, -0.2) is 0 Å². The number of amides is 1. The van der Waals surface area contributed by atoms with E-state index in [1.165, 1.54) is 25.7 Å². The van der Waals surface area contributed by atoms with E-state index in [1.54, 1.807) is 0 Å². The summed E-state index contributed by atoms with van der Waals surface area (Å²) in [5.41, 5.74) is 0. The predicted octanol–water partition coefficient (Wildman–Crippen LogP) is 2.37. The first-order valence-corrected chi connectivity index (χ1v) is 6.78. The van der Waals surface area contributed by atoms with Gasteiger partial charge in [0.25, 0.3) is 5.91 Å². The van der Waals surface area contributed by atoms with Crippen molar-refractivity contribution in [2.75, 3.05) is 6.61 Å². The molecule has 0 saturated heterocycles. The van der Waals surface area contributed by atoms with Gasteiger partial charge in [-0.05, 0) is 43.2 Å². The minimum absolute atomic E-state index is 0.0106. The van der Waals surface area contributed by atoms with Crippen LogP contribution in [0.2, 0.25) is 0 Å². The number of hydrogen-bond donors (Lipinski definition) is 1. The summed E-state index contributed by atoms with van der Waals surface area (Å²) in [6.07, 6.45) is 5.12. The summed E-state index contributed by atoms with van der Waals surface area (Å²) in [6, 6.07) is 9.88. The molecule has 1 aromatic carbocycles. The fourth-order valence-corrected chi connectivity index (χ4v) is 3.34. The molecule has 0 heterocycles. The van der Waals surface area contributed by atoms with Crippen molar-refractivity contribution in [3.8, 4) is 5.75 Å². The fourth-order valence-electron chi connectivity index (χ4n) is 3.34. The Balaban J connectivity index is 1.45. The van der Waals surface area contributed by atoms with E-state index < -0.39 is 0 Å². The maximum absolute atomic E-state index is 11.8. The summed E-state index contributed by atoms with van der Waals surface area (Å²) in [7, 11) is 0. The third-order valence-electron chi connectivity index (χ3n) is 4.20. The third kappa shape index (κ3) is 2.50. The van der Waals surface area contributed by atoms with Gasteiger partial charge < -0.3 is 10.1 Å². The van der Waals surface area contributed by atoms with Crippen LogP contribution in [0.5, 0.6) is 5.75 Å². The van der Waals surface area contributed by atoms with Crippen molar-refractivity contribution in [2.45, 2.75) is 31.7 Å². The number of rotatable bonds is 4. The minimum Gasteiger partial charge on any atom is -0.484 e. The number of para-hydroxylation sites is 1. The summed E-state index contributed by atoms with van der Waals surface area (Å²) in [4.78, 5) is 11.8. The molecular weight excluding hydrogens is 226 g/mol. The van der Waals surface area contributed by atoms with E-state index in [9.17, 15) is 4.79 Å². The molecular formula is C15H19NO2. The zero-order valence-corrected chi connectivity index (χ0v) is 10.5. The van der Waals surface area contributed by atoms with Crippen LogP contribution in [-0.4, -0.2) is 18.6 Å². The second-order valence-corrected chi connectivity index (χ2v) is 5.45.